The maximum absolute atomic E-state index is 13.5. The zero-order chi connectivity index (χ0) is 50.5. The number of nitrogens with one attached hydrogen (secondary N) is 7. The fourth-order valence-electron chi connectivity index (χ4n) is 6.52. The number of amides is 9. The van der Waals surface area contributed by atoms with Gasteiger partial charge in [-0.05, 0) is 64.2 Å². The summed E-state index contributed by atoms with van der Waals surface area (Å²) in [6.07, 6.45) is 9.58. The molecule has 0 spiro atoms. The van der Waals surface area contributed by atoms with Gasteiger partial charge in [0.25, 0.3) is 5.91 Å². The molecule has 7 unspecified atom stereocenters. The molecule has 7 atom stereocenters. The Bertz CT molecular complexity index is 1680. The van der Waals surface area contributed by atoms with Crippen LogP contribution < -0.4 is 37.2 Å². The number of aliphatic carboxylic acids is 1. The standard InChI is InChI=1S/C42H71N9O16/c1-4-5-6-7-8-9-10-11-12-13-14-19-33(56)49-34-35(57)41(63)43-21-20-29(45-40(34)62)37(59)48-31(24-52)38(60)44-28(17-15-22-50(66)26(2)54)36(58)47-32(25-53)39(61)46-30(42(64)65)18-16-23-51(67)27(3)55/h9-10,28-32,34-35,52-53,57,66-67H,4-8,11-25H2,1-3H3,(H,43,63)(H,44,60)(H,45,62)(H,46,61)(H,47,58)(H,48,59)(H,49,56)(H,64,65). The number of hydrogen-bond donors (Lipinski definition) is 13. The summed E-state index contributed by atoms with van der Waals surface area (Å²) in [6, 6.07) is -10.2. The van der Waals surface area contributed by atoms with Crippen molar-refractivity contribution in [2.75, 3.05) is 32.8 Å². The Labute approximate surface area is 389 Å². The Morgan fingerprint density at radius 1 is 0.687 bits per heavy atom. The van der Waals surface area contributed by atoms with Gasteiger partial charge in [0.05, 0.1) is 13.2 Å². The van der Waals surface area contributed by atoms with E-state index >= 15 is 0 Å². The molecular formula is C42H71N9O16. The van der Waals surface area contributed by atoms with Gasteiger partial charge in [-0.2, -0.15) is 0 Å². The molecule has 1 aliphatic heterocycles. The molecule has 9 amide bonds. The monoisotopic (exact) mass is 958 g/mol. The van der Waals surface area contributed by atoms with Crippen molar-refractivity contribution in [1.29, 1.82) is 0 Å². The molecule has 25 heteroatoms. The maximum atomic E-state index is 13.5. The largest absolute Gasteiger partial charge is 0.480 e. The van der Waals surface area contributed by atoms with E-state index in [1.54, 1.807) is 0 Å². The van der Waals surface area contributed by atoms with Gasteiger partial charge in [0.15, 0.2) is 6.10 Å². The minimum absolute atomic E-state index is 0.0156. The van der Waals surface area contributed by atoms with Gasteiger partial charge in [-0.25, -0.2) is 14.9 Å². The fraction of sp³-hybridized carbons (Fsp3) is 0.714. The Hall–Kier alpha value is -5.76. The summed E-state index contributed by atoms with van der Waals surface area (Å²) in [5, 5.41) is 76.3. The number of hydroxylamine groups is 4. The van der Waals surface area contributed by atoms with Gasteiger partial charge in [0.1, 0.15) is 36.3 Å². The van der Waals surface area contributed by atoms with Crippen LogP contribution in [0.5, 0.6) is 0 Å². The van der Waals surface area contributed by atoms with Gasteiger partial charge in [-0.3, -0.25) is 53.6 Å². The number of unbranched alkanes of at least 4 members (excludes halogenated alkanes) is 7. The molecule has 0 radical (unpaired) electrons. The van der Waals surface area contributed by atoms with Gasteiger partial charge < -0.3 is 57.6 Å². The van der Waals surface area contributed by atoms with Crippen LogP contribution in [0.15, 0.2) is 12.2 Å². The van der Waals surface area contributed by atoms with E-state index in [0.717, 1.165) is 39.5 Å². The van der Waals surface area contributed by atoms with E-state index in [0.29, 0.717) is 23.0 Å². The predicted octanol–water partition coefficient (Wildman–Crippen LogP) is -2.64. The van der Waals surface area contributed by atoms with E-state index in [1.165, 1.54) is 19.3 Å². The molecule has 1 saturated heterocycles. The lowest BCUT2D eigenvalue weighted by Crippen LogP contribution is -2.61. The van der Waals surface area contributed by atoms with Crippen molar-refractivity contribution in [2.24, 2.45) is 0 Å². The predicted molar refractivity (Wildman–Crippen MR) is 235 cm³/mol. The fourth-order valence-corrected chi connectivity index (χ4v) is 6.52. The highest BCUT2D eigenvalue weighted by molar-refractivity contribution is 5.99. The zero-order valence-electron chi connectivity index (χ0n) is 38.5. The molecule has 0 aromatic rings. The van der Waals surface area contributed by atoms with E-state index < -0.39 is 115 Å². The van der Waals surface area contributed by atoms with Crippen molar-refractivity contribution in [3.63, 3.8) is 0 Å². The molecule has 67 heavy (non-hydrogen) atoms. The molecule has 1 fully saturated rings. The summed E-state index contributed by atoms with van der Waals surface area (Å²) in [4.78, 5) is 127. The first-order valence-corrected chi connectivity index (χ1v) is 22.6. The van der Waals surface area contributed by atoms with Gasteiger partial charge in [-0.15, -0.1) is 0 Å². The van der Waals surface area contributed by atoms with Crippen LogP contribution in [0.2, 0.25) is 0 Å². The van der Waals surface area contributed by atoms with Crippen molar-refractivity contribution in [3.05, 3.63) is 12.2 Å². The van der Waals surface area contributed by atoms with E-state index in [-0.39, 0.29) is 58.2 Å². The Kier molecular flexibility index (Phi) is 29.0. The molecule has 1 heterocycles. The third-order valence-electron chi connectivity index (χ3n) is 10.5. The number of nitrogens with zero attached hydrogens (tertiary/aromatic N) is 2. The molecule has 380 valence electrons. The number of rotatable bonds is 31. The number of carbonyl (C=O) groups excluding carboxylic acids is 9. The SMILES string of the molecule is CCCCCCC=CCCCCCC(=O)NC1C(=O)NC(C(=O)NC(CO)C(=O)NC(CCCN(O)C(C)=O)C(=O)NC(CO)C(=O)NC(CCCN(O)C(C)=O)C(=O)O)CCNC(=O)C1O. The lowest BCUT2D eigenvalue weighted by molar-refractivity contribution is -0.163. The first-order chi connectivity index (χ1) is 31.8. The lowest BCUT2D eigenvalue weighted by Gasteiger charge is -2.26. The van der Waals surface area contributed by atoms with Crippen LogP contribution >= 0.6 is 0 Å². The van der Waals surface area contributed by atoms with Gasteiger partial charge in [0.2, 0.25) is 47.3 Å². The second kappa shape index (κ2) is 32.8. The van der Waals surface area contributed by atoms with Crippen LogP contribution in [-0.4, -0.2) is 175 Å². The molecule has 0 aromatic heterocycles. The third kappa shape index (κ3) is 23.5. The number of carboxylic acids is 1. The van der Waals surface area contributed by atoms with Crippen molar-refractivity contribution in [1.82, 2.24) is 47.3 Å². The summed E-state index contributed by atoms with van der Waals surface area (Å²) in [6.45, 7) is 1.23. The second-order valence-corrected chi connectivity index (χ2v) is 16.1. The summed E-state index contributed by atoms with van der Waals surface area (Å²) in [5.74, 6) is -10.3. The summed E-state index contributed by atoms with van der Waals surface area (Å²) in [5.41, 5.74) is 0. The number of aliphatic hydroxyl groups excluding tert-OH is 3. The first kappa shape index (κ1) is 59.3. The molecule has 1 aliphatic rings. The molecule has 25 nitrogen and oxygen atoms in total. The van der Waals surface area contributed by atoms with Crippen molar-refractivity contribution < 1.29 is 78.8 Å². The Balaban J connectivity index is 3.04. The smallest absolute Gasteiger partial charge is 0.326 e. The van der Waals surface area contributed by atoms with Crippen LogP contribution in [0.4, 0.5) is 0 Å². The van der Waals surface area contributed by atoms with Crippen LogP contribution in [0.3, 0.4) is 0 Å². The maximum Gasteiger partial charge on any atom is 0.326 e. The quantitative estimate of drug-likeness (QED) is 0.0146. The van der Waals surface area contributed by atoms with Crippen LogP contribution in [0, 0.1) is 0 Å². The molecule has 0 aliphatic carbocycles. The summed E-state index contributed by atoms with van der Waals surface area (Å²) >= 11 is 0. The third-order valence-corrected chi connectivity index (χ3v) is 10.5. The van der Waals surface area contributed by atoms with Crippen LogP contribution in [0.25, 0.3) is 0 Å². The second-order valence-electron chi connectivity index (χ2n) is 16.1. The van der Waals surface area contributed by atoms with E-state index in [4.69, 9.17) is 0 Å². The Morgan fingerprint density at radius 3 is 1.70 bits per heavy atom. The Morgan fingerprint density at radius 2 is 1.18 bits per heavy atom. The van der Waals surface area contributed by atoms with Gasteiger partial charge in [-0.1, -0.05) is 44.8 Å². The molecule has 0 aromatic carbocycles. The van der Waals surface area contributed by atoms with E-state index in [9.17, 15) is 78.8 Å². The first-order valence-electron chi connectivity index (χ1n) is 22.6. The van der Waals surface area contributed by atoms with Gasteiger partial charge >= 0.3 is 5.97 Å². The molecule has 13 N–H and O–H groups in total. The summed E-state index contributed by atoms with van der Waals surface area (Å²) < 4.78 is 0. The highest BCUT2D eigenvalue weighted by atomic mass is 16.5. The number of aliphatic hydroxyl groups is 3. The van der Waals surface area contributed by atoms with Crippen molar-refractivity contribution in [2.45, 2.75) is 159 Å². The van der Waals surface area contributed by atoms with Crippen LogP contribution in [-0.2, 0) is 47.9 Å². The summed E-state index contributed by atoms with van der Waals surface area (Å²) in [7, 11) is 0. The topological polar surface area (TPSA) is 383 Å². The number of allylic oxidation sites excluding steroid dienone is 2. The lowest BCUT2D eigenvalue weighted by atomic mass is 10.1. The molecule has 0 bridgehead atoms. The number of carboxylic acid groups (broad SMARTS) is 1. The van der Waals surface area contributed by atoms with E-state index in [2.05, 4.69) is 56.3 Å². The van der Waals surface area contributed by atoms with Crippen LogP contribution in [0.1, 0.15) is 117 Å². The number of carbonyl (C=O) groups is 10. The zero-order valence-corrected chi connectivity index (χ0v) is 38.5. The highest BCUT2D eigenvalue weighted by Crippen LogP contribution is 2.10. The molecular weight excluding hydrogens is 887 g/mol. The number of hydrogen-bond acceptors (Lipinski definition) is 15. The highest BCUT2D eigenvalue weighted by Gasteiger charge is 2.38. The molecule has 1 rings (SSSR count). The minimum Gasteiger partial charge on any atom is -0.480 e. The minimum atomic E-state index is -2.03. The van der Waals surface area contributed by atoms with Gasteiger partial charge in [0, 0.05) is 39.9 Å². The average molecular weight is 958 g/mol. The van der Waals surface area contributed by atoms with Crippen molar-refractivity contribution in [3.8, 4) is 0 Å². The van der Waals surface area contributed by atoms with E-state index in [1.807, 2.05) is 0 Å². The van der Waals surface area contributed by atoms with Crippen molar-refractivity contribution >= 4 is 59.1 Å². The molecule has 0 saturated carbocycles. The average Bonchev–Trinajstić information content (AvgIpc) is 3.33. The normalized spacial score (nSPS) is 18.0.